The van der Waals surface area contributed by atoms with Crippen molar-refractivity contribution in [2.45, 2.75) is 23.5 Å². The van der Waals surface area contributed by atoms with Crippen LogP contribution >= 0.6 is 11.8 Å². The van der Waals surface area contributed by atoms with Gasteiger partial charge < -0.3 is 23.0 Å². The molecule has 9 heteroatoms. The number of ether oxygens (including phenoxy) is 3. The van der Waals surface area contributed by atoms with E-state index in [0.29, 0.717) is 35.0 Å². The van der Waals surface area contributed by atoms with Crippen molar-refractivity contribution in [1.82, 2.24) is 10.2 Å². The van der Waals surface area contributed by atoms with Crippen molar-refractivity contribution in [1.29, 1.82) is 0 Å². The molecule has 0 unspecified atom stereocenters. The Morgan fingerprint density at radius 1 is 1.19 bits per heavy atom. The first-order valence-electron chi connectivity index (χ1n) is 8.20. The van der Waals surface area contributed by atoms with Gasteiger partial charge in [-0.1, -0.05) is 23.9 Å². The van der Waals surface area contributed by atoms with Crippen LogP contribution in [0.4, 0.5) is 0 Å². The average molecular weight is 388 g/mol. The zero-order valence-corrected chi connectivity index (χ0v) is 15.4. The van der Waals surface area contributed by atoms with Gasteiger partial charge in [-0.25, -0.2) is 4.79 Å². The first kappa shape index (κ1) is 17.5. The van der Waals surface area contributed by atoms with E-state index in [1.54, 1.807) is 12.1 Å². The summed E-state index contributed by atoms with van der Waals surface area (Å²) >= 11 is 1.32. The molecule has 2 atom stereocenters. The van der Waals surface area contributed by atoms with Crippen LogP contribution < -0.4 is 9.47 Å². The molecule has 0 bridgehead atoms. The van der Waals surface area contributed by atoms with Crippen molar-refractivity contribution in [2.24, 2.45) is 0 Å². The summed E-state index contributed by atoms with van der Waals surface area (Å²) < 4.78 is 27.4. The number of carbonyl (C=O) groups excluding carboxylic acids is 1. The summed E-state index contributed by atoms with van der Waals surface area (Å²) in [6, 6.07) is 10.7. The van der Waals surface area contributed by atoms with E-state index in [1.807, 2.05) is 31.2 Å². The third-order valence-corrected chi connectivity index (χ3v) is 4.85. The monoisotopic (exact) mass is 388 g/mol. The van der Waals surface area contributed by atoms with Gasteiger partial charge in [0.2, 0.25) is 11.9 Å². The molecule has 0 radical (unpaired) electrons. The number of carbonyl (C=O) groups is 1. The zero-order chi connectivity index (χ0) is 18.8. The molecule has 0 fully saturated rings. The fourth-order valence-corrected chi connectivity index (χ4v) is 3.30. The summed E-state index contributed by atoms with van der Waals surface area (Å²) in [6.45, 7) is 2.20. The molecule has 0 saturated heterocycles. The Balaban J connectivity index is 1.42. The van der Waals surface area contributed by atoms with Crippen LogP contribution in [0.3, 0.4) is 0 Å². The summed E-state index contributed by atoms with van der Waals surface area (Å²) in [5, 5.41) is 8.34. The van der Waals surface area contributed by atoms with Gasteiger partial charge in [-0.15, -0.1) is 10.2 Å². The Morgan fingerprint density at radius 2 is 2.00 bits per heavy atom. The van der Waals surface area contributed by atoms with Crippen LogP contribution in [0.15, 0.2) is 50.5 Å². The molecule has 1 aromatic carbocycles. The highest BCUT2D eigenvalue weighted by Gasteiger charge is 2.28. The molecule has 1 aliphatic rings. The largest absolute Gasteiger partial charge is 0.485 e. The molecule has 0 aliphatic carbocycles. The van der Waals surface area contributed by atoms with Gasteiger partial charge >= 0.3 is 5.97 Å². The van der Waals surface area contributed by atoms with Gasteiger partial charge in [0.1, 0.15) is 12.4 Å². The quantitative estimate of drug-likeness (QED) is 0.477. The Kier molecular flexibility index (Phi) is 4.76. The van der Waals surface area contributed by atoms with Crippen LogP contribution in [0.25, 0.3) is 0 Å². The number of nitrogens with zero attached hydrogens (tertiary/aromatic N) is 2. The van der Waals surface area contributed by atoms with Crippen LogP contribution in [0, 0.1) is 0 Å². The van der Waals surface area contributed by atoms with E-state index in [0.717, 1.165) is 0 Å². The number of methoxy groups -OCH3 is 1. The fraction of sp³-hybridized carbons (Fsp3) is 0.278. The second-order valence-corrected chi connectivity index (χ2v) is 7.02. The molecule has 27 heavy (non-hydrogen) atoms. The Hall–Kier alpha value is -2.94. The molecule has 0 amide bonds. The molecule has 1 aliphatic heterocycles. The summed E-state index contributed by atoms with van der Waals surface area (Å²) in [5.41, 5.74) is 0. The first-order chi connectivity index (χ1) is 13.1. The number of rotatable bonds is 5. The fourth-order valence-electron chi connectivity index (χ4n) is 2.53. The van der Waals surface area contributed by atoms with Crippen LogP contribution in [0.2, 0.25) is 0 Å². The third kappa shape index (κ3) is 3.63. The highest BCUT2D eigenvalue weighted by molar-refractivity contribution is 7.99. The standard InChI is InChI=1S/C18H16N2O6S/c1-10(11-7-8-14(24-11)17(21)22-2)27-18-20-19-16(26-18)15-9-23-12-5-3-4-6-13(12)25-15/h3-8,10,15H,9H2,1-2H3/t10-,15+/m1/s1. The van der Waals surface area contributed by atoms with Gasteiger partial charge in [0, 0.05) is 0 Å². The smallest absolute Gasteiger partial charge is 0.373 e. The average Bonchev–Trinajstić information content (AvgIpc) is 3.37. The van der Waals surface area contributed by atoms with Crippen molar-refractivity contribution in [2.75, 3.05) is 13.7 Å². The summed E-state index contributed by atoms with van der Waals surface area (Å²) in [7, 11) is 1.30. The number of para-hydroxylation sites is 2. The normalized spacial score (nSPS) is 16.7. The zero-order valence-electron chi connectivity index (χ0n) is 14.6. The Morgan fingerprint density at radius 3 is 2.81 bits per heavy atom. The van der Waals surface area contributed by atoms with E-state index >= 15 is 0 Å². The van der Waals surface area contributed by atoms with E-state index in [4.69, 9.17) is 18.3 Å². The van der Waals surface area contributed by atoms with Crippen molar-refractivity contribution < 1.29 is 27.8 Å². The highest BCUT2D eigenvalue weighted by atomic mass is 32.2. The molecule has 0 saturated carbocycles. The van der Waals surface area contributed by atoms with E-state index in [1.165, 1.54) is 18.9 Å². The summed E-state index contributed by atoms with van der Waals surface area (Å²) in [4.78, 5) is 11.5. The van der Waals surface area contributed by atoms with Crippen molar-refractivity contribution >= 4 is 17.7 Å². The predicted octanol–water partition coefficient (Wildman–Crippen LogP) is 3.82. The minimum absolute atomic E-state index is 0.138. The lowest BCUT2D eigenvalue weighted by Crippen LogP contribution is -2.21. The molecule has 4 rings (SSSR count). The minimum atomic E-state index is -0.520. The van der Waals surface area contributed by atoms with Crippen molar-refractivity contribution in [3.8, 4) is 11.5 Å². The lowest BCUT2D eigenvalue weighted by molar-refractivity contribution is 0.0563. The van der Waals surface area contributed by atoms with Gasteiger partial charge in [0.05, 0.1) is 12.4 Å². The number of aromatic nitrogens is 2. The van der Waals surface area contributed by atoms with Crippen LogP contribution in [-0.2, 0) is 4.74 Å². The molecule has 140 valence electrons. The molecule has 0 N–H and O–H groups in total. The predicted molar refractivity (Wildman–Crippen MR) is 93.9 cm³/mol. The molecule has 3 heterocycles. The van der Waals surface area contributed by atoms with Gasteiger partial charge in [-0.2, -0.15) is 0 Å². The number of thioether (sulfide) groups is 1. The van der Waals surface area contributed by atoms with Crippen molar-refractivity contribution in [3.05, 3.63) is 53.8 Å². The van der Waals surface area contributed by atoms with Gasteiger partial charge in [0.25, 0.3) is 11.1 Å². The highest BCUT2D eigenvalue weighted by Crippen LogP contribution is 2.38. The minimum Gasteiger partial charge on any atom is -0.485 e. The number of esters is 1. The second kappa shape index (κ2) is 7.36. The van der Waals surface area contributed by atoms with Crippen molar-refractivity contribution in [3.63, 3.8) is 0 Å². The number of benzene rings is 1. The van der Waals surface area contributed by atoms with Gasteiger partial charge in [-0.3, -0.25) is 0 Å². The van der Waals surface area contributed by atoms with Gasteiger partial charge in [0.15, 0.2) is 11.5 Å². The summed E-state index contributed by atoms with van der Waals surface area (Å²) in [5.74, 6) is 1.90. The number of hydrogen-bond acceptors (Lipinski definition) is 9. The maximum absolute atomic E-state index is 11.5. The van der Waals surface area contributed by atoms with Crippen LogP contribution in [0.1, 0.15) is 40.5 Å². The van der Waals surface area contributed by atoms with Crippen LogP contribution in [-0.4, -0.2) is 29.9 Å². The van der Waals surface area contributed by atoms with E-state index in [2.05, 4.69) is 14.9 Å². The topological polar surface area (TPSA) is 96.8 Å². The lowest BCUT2D eigenvalue weighted by atomic mass is 10.2. The molecule has 0 spiro atoms. The molecular weight excluding hydrogens is 372 g/mol. The molecule has 2 aromatic heterocycles. The van der Waals surface area contributed by atoms with E-state index < -0.39 is 12.1 Å². The molecular formula is C18H16N2O6S. The van der Waals surface area contributed by atoms with E-state index in [-0.39, 0.29) is 11.0 Å². The lowest BCUT2D eigenvalue weighted by Gasteiger charge is -2.23. The second-order valence-electron chi connectivity index (χ2n) is 5.72. The maximum atomic E-state index is 11.5. The Labute approximate surface area is 158 Å². The summed E-state index contributed by atoms with van der Waals surface area (Å²) in [6.07, 6.45) is -0.466. The SMILES string of the molecule is COC(=O)c1ccc([C@@H](C)Sc2nnc([C@@H]3COc4ccccc4O3)o2)o1. The molecule has 8 nitrogen and oxygen atoms in total. The number of fused-ring (bicyclic) bond motifs is 1. The third-order valence-electron chi connectivity index (χ3n) is 3.90. The van der Waals surface area contributed by atoms with Gasteiger partial charge in [-0.05, 0) is 31.2 Å². The molecule has 3 aromatic rings. The first-order valence-corrected chi connectivity index (χ1v) is 9.08. The maximum Gasteiger partial charge on any atom is 0.373 e. The number of hydrogen-bond donors (Lipinski definition) is 0. The van der Waals surface area contributed by atoms with E-state index in [9.17, 15) is 4.79 Å². The number of furan rings is 1. The Bertz CT molecular complexity index is 953. The van der Waals surface area contributed by atoms with Crippen LogP contribution in [0.5, 0.6) is 11.5 Å².